The van der Waals surface area contributed by atoms with Crippen LogP contribution in [0.25, 0.3) is 0 Å². The molecule has 4 nitrogen and oxygen atoms in total. The van der Waals surface area contributed by atoms with E-state index < -0.39 is 0 Å². The summed E-state index contributed by atoms with van der Waals surface area (Å²) in [7, 11) is 0. The molecule has 4 N–H and O–H groups in total. The third-order valence-electron chi connectivity index (χ3n) is 2.44. The van der Waals surface area contributed by atoms with E-state index in [4.69, 9.17) is 17.4 Å². The third-order valence-corrected chi connectivity index (χ3v) is 2.44. The highest BCUT2D eigenvalue weighted by molar-refractivity contribution is 5.80. The lowest BCUT2D eigenvalue weighted by Gasteiger charge is -2.20. The summed E-state index contributed by atoms with van der Waals surface area (Å²) in [4.78, 5) is 0. The molecule has 2 atom stereocenters. The van der Waals surface area contributed by atoms with Gasteiger partial charge in [0.05, 0.1) is 6.04 Å². The van der Waals surface area contributed by atoms with Crippen LogP contribution in [-0.4, -0.2) is 17.1 Å². The predicted octanol–water partition coefficient (Wildman–Crippen LogP) is 1.48. The summed E-state index contributed by atoms with van der Waals surface area (Å²) in [6.45, 7) is 1.89. The molecule has 0 saturated carbocycles. The van der Waals surface area contributed by atoms with Crippen LogP contribution in [0.2, 0.25) is 0 Å². The zero-order valence-corrected chi connectivity index (χ0v) is 9.80. The molecule has 0 aliphatic carbocycles. The van der Waals surface area contributed by atoms with Crippen LogP contribution in [0.4, 0.5) is 0 Å². The average Bonchev–Trinajstić information content (AvgIpc) is 2.38. The Hall–Kier alpha value is -1.99. The molecule has 1 aromatic carbocycles. The fraction of sp³-hybridized carbons (Fsp3) is 0.308. The van der Waals surface area contributed by atoms with E-state index in [0.717, 1.165) is 5.56 Å². The lowest BCUT2D eigenvalue weighted by molar-refractivity contribution is 0.315. The molecular formula is C13H17N3O. The number of hydrogen-bond donors (Lipinski definition) is 3. The van der Waals surface area contributed by atoms with E-state index >= 15 is 0 Å². The van der Waals surface area contributed by atoms with Crippen LogP contribution in [0, 0.1) is 12.3 Å². The van der Waals surface area contributed by atoms with E-state index in [1.54, 1.807) is 0 Å². The second-order valence-corrected chi connectivity index (χ2v) is 3.81. The molecule has 17 heavy (non-hydrogen) atoms. The van der Waals surface area contributed by atoms with E-state index in [1.807, 2.05) is 37.3 Å². The number of nitrogens with zero attached hydrogens (tertiary/aromatic N) is 1. The van der Waals surface area contributed by atoms with Gasteiger partial charge in [-0.25, -0.2) is 0 Å². The van der Waals surface area contributed by atoms with Crippen LogP contribution in [0.5, 0.6) is 0 Å². The molecule has 0 aliphatic heterocycles. The predicted molar refractivity (Wildman–Crippen MR) is 68.6 cm³/mol. The number of benzene rings is 1. The Labute approximate surface area is 102 Å². The Morgan fingerprint density at radius 1 is 1.53 bits per heavy atom. The van der Waals surface area contributed by atoms with Crippen molar-refractivity contribution in [1.82, 2.24) is 5.32 Å². The number of rotatable bonds is 5. The summed E-state index contributed by atoms with van der Waals surface area (Å²) >= 11 is 0. The van der Waals surface area contributed by atoms with Crippen LogP contribution in [0.15, 0.2) is 35.5 Å². The highest BCUT2D eigenvalue weighted by atomic mass is 16.4. The van der Waals surface area contributed by atoms with E-state index in [0.29, 0.717) is 6.42 Å². The van der Waals surface area contributed by atoms with Gasteiger partial charge >= 0.3 is 0 Å². The zero-order chi connectivity index (χ0) is 12.7. The number of nitrogens with one attached hydrogen (secondary N) is 1. The second-order valence-electron chi connectivity index (χ2n) is 3.81. The molecule has 0 radical (unpaired) electrons. The molecule has 0 saturated heterocycles. The number of oxime groups is 1. The van der Waals surface area contributed by atoms with Gasteiger partial charge in [0.25, 0.3) is 0 Å². The number of hydrogen-bond acceptors (Lipinski definition) is 3. The Morgan fingerprint density at radius 3 is 2.71 bits per heavy atom. The Balaban J connectivity index is 2.83. The van der Waals surface area contributed by atoms with Gasteiger partial charge in [0, 0.05) is 12.5 Å². The topological polar surface area (TPSA) is 70.6 Å². The van der Waals surface area contributed by atoms with Crippen LogP contribution in [0.1, 0.15) is 24.9 Å². The maximum Gasteiger partial charge on any atom is 0.141 e. The smallest absolute Gasteiger partial charge is 0.141 e. The van der Waals surface area contributed by atoms with Gasteiger partial charge in [-0.3, -0.25) is 5.32 Å². The van der Waals surface area contributed by atoms with Gasteiger partial charge in [0.15, 0.2) is 0 Å². The van der Waals surface area contributed by atoms with Crippen molar-refractivity contribution in [3.63, 3.8) is 0 Å². The van der Waals surface area contributed by atoms with Crippen molar-refractivity contribution in [3.8, 4) is 12.3 Å². The van der Waals surface area contributed by atoms with Crippen molar-refractivity contribution >= 4 is 5.84 Å². The van der Waals surface area contributed by atoms with Gasteiger partial charge in [-0.05, 0) is 12.5 Å². The molecule has 4 heteroatoms. The number of terminal acetylenes is 1. The Kier molecular flexibility index (Phi) is 5.05. The lowest BCUT2D eigenvalue weighted by atomic mass is 10.0. The summed E-state index contributed by atoms with van der Waals surface area (Å²) in [5, 5.41) is 14.8. The maximum atomic E-state index is 8.62. The molecule has 0 spiro atoms. The Bertz CT molecular complexity index is 408. The van der Waals surface area contributed by atoms with Crippen LogP contribution in [0.3, 0.4) is 0 Å². The maximum absolute atomic E-state index is 8.62. The van der Waals surface area contributed by atoms with E-state index in [-0.39, 0.29) is 17.9 Å². The van der Waals surface area contributed by atoms with Gasteiger partial charge in [0.2, 0.25) is 0 Å². The molecule has 1 aromatic rings. The summed E-state index contributed by atoms with van der Waals surface area (Å²) in [6.07, 6.45) is 5.75. The molecule has 0 heterocycles. The lowest BCUT2D eigenvalue weighted by Crippen LogP contribution is -2.32. The first-order valence-electron chi connectivity index (χ1n) is 5.41. The SMILES string of the molecule is C#CC(C)NC(C/C(N)=N/O)c1ccccc1. The first-order chi connectivity index (χ1) is 8.17. The molecule has 0 aliphatic rings. The normalized spacial score (nSPS) is 14.9. The summed E-state index contributed by atoms with van der Waals surface area (Å²) in [5.74, 6) is 2.78. The highest BCUT2D eigenvalue weighted by Crippen LogP contribution is 2.17. The average molecular weight is 231 g/mol. The van der Waals surface area contributed by atoms with Crippen molar-refractivity contribution in [2.24, 2.45) is 10.9 Å². The van der Waals surface area contributed by atoms with E-state index in [1.165, 1.54) is 0 Å². The molecule has 0 aromatic heterocycles. The Morgan fingerprint density at radius 2 is 2.18 bits per heavy atom. The number of nitrogens with two attached hydrogens (primary N) is 1. The summed E-state index contributed by atoms with van der Waals surface area (Å²) in [5.41, 5.74) is 6.59. The van der Waals surface area contributed by atoms with Gasteiger partial charge in [-0.2, -0.15) is 0 Å². The van der Waals surface area contributed by atoms with Crippen LogP contribution < -0.4 is 11.1 Å². The number of amidine groups is 1. The first-order valence-corrected chi connectivity index (χ1v) is 5.41. The second kappa shape index (κ2) is 6.56. The van der Waals surface area contributed by atoms with Crippen molar-refractivity contribution in [1.29, 1.82) is 0 Å². The summed E-state index contributed by atoms with van der Waals surface area (Å²) in [6, 6.07) is 9.64. The third kappa shape index (κ3) is 4.17. The molecule has 90 valence electrons. The molecule has 0 amide bonds. The monoisotopic (exact) mass is 231 g/mol. The zero-order valence-electron chi connectivity index (χ0n) is 9.80. The highest BCUT2D eigenvalue weighted by Gasteiger charge is 2.14. The van der Waals surface area contributed by atoms with Crippen LogP contribution in [-0.2, 0) is 0 Å². The van der Waals surface area contributed by atoms with Crippen molar-refractivity contribution in [3.05, 3.63) is 35.9 Å². The quantitative estimate of drug-likeness (QED) is 0.236. The largest absolute Gasteiger partial charge is 0.409 e. The van der Waals surface area contributed by atoms with Crippen LogP contribution >= 0.6 is 0 Å². The minimum atomic E-state index is -0.0771. The van der Waals surface area contributed by atoms with Crippen molar-refractivity contribution in [2.75, 3.05) is 0 Å². The molecule has 1 rings (SSSR count). The van der Waals surface area contributed by atoms with Gasteiger partial charge in [0.1, 0.15) is 5.84 Å². The van der Waals surface area contributed by atoms with Crippen molar-refractivity contribution < 1.29 is 5.21 Å². The van der Waals surface area contributed by atoms with Gasteiger partial charge in [-0.15, -0.1) is 6.42 Å². The fourth-order valence-corrected chi connectivity index (χ4v) is 1.56. The van der Waals surface area contributed by atoms with Gasteiger partial charge in [-0.1, -0.05) is 41.4 Å². The van der Waals surface area contributed by atoms with Crippen molar-refractivity contribution in [2.45, 2.75) is 25.4 Å². The fourth-order valence-electron chi connectivity index (χ4n) is 1.56. The first kappa shape index (κ1) is 13.1. The molecule has 0 fully saturated rings. The molecular weight excluding hydrogens is 214 g/mol. The minimum Gasteiger partial charge on any atom is -0.409 e. The molecule has 2 unspecified atom stereocenters. The van der Waals surface area contributed by atoms with E-state index in [9.17, 15) is 0 Å². The standard InChI is InChI=1S/C13H17N3O/c1-3-10(2)15-12(9-13(14)16-17)11-7-5-4-6-8-11/h1,4-8,10,12,15,17H,9H2,2H3,(H2,14,16). The minimum absolute atomic E-state index is 0.0573. The van der Waals surface area contributed by atoms with E-state index in [2.05, 4.69) is 16.4 Å². The molecule has 0 bridgehead atoms. The summed E-state index contributed by atoms with van der Waals surface area (Å²) < 4.78 is 0. The van der Waals surface area contributed by atoms with Gasteiger partial charge < -0.3 is 10.9 Å².